The summed E-state index contributed by atoms with van der Waals surface area (Å²) in [6.45, 7) is 3.60. The fourth-order valence-corrected chi connectivity index (χ4v) is 2.14. The largest absolute Gasteiger partial charge is 0.406 e. The van der Waals surface area contributed by atoms with Crippen molar-refractivity contribution in [2.45, 2.75) is 19.9 Å². The van der Waals surface area contributed by atoms with Gasteiger partial charge in [0.25, 0.3) is 0 Å². The first-order valence-corrected chi connectivity index (χ1v) is 5.12. The first-order valence-electron chi connectivity index (χ1n) is 4.24. The van der Waals surface area contributed by atoms with Crippen LogP contribution in [0.3, 0.4) is 0 Å². The fourth-order valence-electron chi connectivity index (χ4n) is 1.22. The number of nitrogens with two attached hydrogens (primary N) is 1. The van der Waals surface area contributed by atoms with Crippen molar-refractivity contribution < 1.29 is 4.42 Å². The molecule has 0 aliphatic carbocycles. The molecule has 0 radical (unpaired) electrons. The summed E-state index contributed by atoms with van der Waals surface area (Å²) >= 11 is 1.43. The predicted molar refractivity (Wildman–Crippen MR) is 55.5 cm³/mol. The third-order valence-electron chi connectivity index (χ3n) is 1.96. The highest BCUT2D eigenvalue weighted by atomic mass is 32.1. The molecular formula is C9H10N2O2S. The molecule has 0 aliphatic rings. The summed E-state index contributed by atoms with van der Waals surface area (Å²) in [4.78, 5) is 16.4. The van der Waals surface area contributed by atoms with Crippen LogP contribution in [-0.2, 0) is 0 Å². The first kappa shape index (κ1) is 9.36. The molecule has 14 heavy (non-hydrogen) atoms. The Hall–Kier alpha value is -1.20. The lowest BCUT2D eigenvalue weighted by atomic mass is 10.3. The van der Waals surface area contributed by atoms with E-state index in [-0.39, 0.29) is 11.7 Å². The second-order valence-electron chi connectivity index (χ2n) is 3.23. The van der Waals surface area contributed by atoms with Crippen molar-refractivity contribution in [1.29, 1.82) is 0 Å². The summed E-state index contributed by atoms with van der Waals surface area (Å²) in [7, 11) is 0. The maximum absolute atomic E-state index is 11.5. The van der Waals surface area contributed by atoms with Crippen molar-refractivity contribution in [3.8, 4) is 0 Å². The molecule has 0 saturated carbocycles. The average molecular weight is 210 g/mol. The second-order valence-corrected chi connectivity index (χ2v) is 4.09. The molecule has 2 rings (SSSR count). The van der Waals surface area contributed by atoms with E-state index in [2.05, 4.69) is 4.98 Å². The number of aryl methyl sites for hydroxylation is 1. The van der Waals surface area contributed by atoms with E-state index in [0.29, 0.717) is 16.1 Å². The smallest absolute Gasteiger partial charge is 0.348 e. The van der Waals surface area contributed by atoms with Crippen LogP contribution in [0.2, 0.25) is 0 Å². The van der Waals surface area contributed by atoms with E-state index in [1.165, 1.54) is 11.3 Å². The topological polar surface area (TPSA) is 69.1 Å². The Kier molecular flexibility index (Phi) is 2.13. The Morgan fingerprint density at radius 2 is 2.36 bits per heavy atom. The molecule has 2 aromatic rings. The Morgan fingerprint density at radius 3 is 3.00 bits per heavy atom. The Labute approximate surface area is 84.4 Å². The lowest BCUT2D eigenvalue weighted by molar-refractivity contribution is 0.419. The molecule has 0 aromatic carbocycles. The number of fused-ring (bicyclic) bond motifs is 1. The standard InChI is InChI=1S/C9H10N2O2S/c1-4-3-14-8-6(4)9(12)13-7(11-8)5(2)10/h3,5H,10H2,1-2H3. The highest BCUT2D eigenvalue weighted by molar-refractivity contribution is 7.16. The number of aromatic nitrogens is 1. The van der Waals surface area contributed by atoms with Gasteiger partial charge in [-0.25, -0.2) is 9.78 Å². The van der Waals surface area contributed by atoms with Crippen molar-refractivity contribution >= 4 is 21.6 Å². The van der Waals surface area contributed by atoms with Gasteiger partial charge in [-0.2, -0.15) is 0 Å². The van der Waals surface area contributed by atoms with Crippen molar-refractivity contribution in [3.63, 3.8) is 0 Å². The van der Waals surface area contributed by atoms with E-state index < -0.39 is 0 Å². The minimum absolute atomic E-state index is 0.296. The number of rotatable bonds is 1. The highest BCUT2D eigenvalue weighted by Gasteiger charge is 2.12. The van der Waals surface area contributed by atoms with Gasteiger partial charge in [-0.15, -0.1) is 11.3 Å². The summed E-state index contributed by atoms with van der Waals surface area (Å²) in [6, 6.07) is -0.352. The van der Waals surface area contributed by atoms with Gasteiger partial charge in [0.1, 0.15) is 4.83 Å². The summed E-state index contributed by atoms with van der Waals surface area (Å²) in [6.07, 6.45) is 0. The predicted octanol–water partition coefficient (Wildman–Crippen LogP) is 1.58. The SMILES string of the molecule is Cc1csc2nc(C(C)N)oc(=O)c12. The van der Waals surface area contributed by atoms with Crippen molar-refractivity contribution in [3.05, 3.63) is 27.3 Å². The highest BCUT2D eigenvalue weighted by Crippen LogP contribution is 2.21. The maximum atomic E-state index is 11.5. The summed E-state index contributed by atoms with van der Waals surface area (Å²) in [5.74, 6) is 0.296. The number of thiophene rings is 1. The molecule has 0 bridgehead atoms. The van der Waals surface area contributed by atoms with E-state index in [0.717, 1.165) is 5.56 Å². The minimum atomic E-state index is -0.352. The van der Waals surface area contributed by atoms with E-state index in [1.54, 1.807) is 6.92 Å². The molecule has 0 amide bonds. The lowest BCUT2D eigenvalue weighted by Gasteiger charge is -2.01. The number of hydrogen-bond acceptors (Lipinski definition) is 5. The zero-order valence-electron chi connectivity index (χ0n) is 7.90. The summed E-state index contributed by atoms with van der Waals surface area (Å²) < 4.78 is 5.01. The fraction of sp³-hybridized carbons (Fsp3) is 0.333. The van der Waals surface area contributed by atoms with Gasteiger partial charge in [-0.1, -0.05) is 0 Å². The summed E-state index contributed by atoms with van der Waals surface area (Å²) in [5.41, 5.74) is 6.15. The molecule has 5 heteroatoms. The first-order chi connectivity index (χ1) is 6.59. The van der Waals surface area contributed by atoms with Crippen molar-refractivity contribution in [1.82, 2.24) is 4.98 Å². The van der Waals surface area contributed by atoms with Crippen LogP contribution in [-0.4, -0.2) is 4.98 Å². The van der Waals surface area contributed by atoms with E-state index in [9.17, 15) is 4.79 Å². The third kappa shape index (κ3) is 1.34. The van der Waals surface area contributed by atoms with Crippen molar-refractivity contribution in [2.24, 2.45) is 5.73 Å². The van der Waals surface area contributed by atoms with Crippen LogP contribution < -0.4 is 11.4 Å². The van der Waals surface area contributed by atoms with Crippen LogP contribution in [0.5, 0.6) is 0 Å². The van der Waals surface area contributed by atoms with Crippen LogP contribution in [0.15, 0.2) is 14.6 Å². The van der Waals surface area contributed by atoms with Gasteiger partial charge in [-0.05, 0) is 24.8 Å². The number of hydrogen-bond donors (Lipinski definition) is 1. The second kappa shape index (κ2) is 3.18. The molecule has 2 N–H and O–H groups in total. The normalized spacial score (nSPS) is 13.4. The van der Waals surface area contributed by atoms with Crippen LogP contribution in [0.4, 0.5) is 0 Å². The van der Waals surface area contributed by atoms with Crippen LogP contribution >= 0.6 is 11.3 Å². The van der Waals surface area contributed by atoms with Crippen LogP contribution in [0, 0.1) is 6.92 Å². The van der Waals surface area contributed by atoms with Gasteiger partial charge in [0, 0.05) is 0 Å². The molecule has 74 valence electrons. The third-order valence-corrected chi connectivity index (χ3v) is 2.95. The van der Waals surface area contributed by atoms with E-state index >= 15 is 0 Å². The van der Waals surface area contributed by atoms with Gasteiger partial charge in [-0.3, -0.25) is 0 Å². The molecule has 4 nitrogen and oxygen atoms in total. The van der Waals surface area contributed by atoms with Gasteiger partial charge < -0.3 is 10.2 Å². The zero-order chi connectivity index (χ0) is 10.3. The van der Waals surface area contributed by atoms with Crippen molar-refractivity contribution in [2.75, 3.05) is 0 Å². The van der Waals surface area contributed by atoms with Gasteiger partial charge in [0.05, 0.1) is 11.4 Å². The summed E-state index contributed by atoms with van der Waals surface area (Å²) in [5, 5.41) is 2.46. The average Bonchev–Trinajstić information content (AvgIpc) is 2.48. The van der Waals surface area contributed by atoms with E-state index in [1.807, 2.05) is 12.3 Å². The Bertz CT molecular complexity index is 527. The molecule has 1 atom stereocenters. The quantitative estimate of drug-likeness (QED) is 0.775. The molecule has 2 heterocycles. The molecule has 0 aliphatic heterocycles. The molecule has 0 saturated heterocycles. The van der Waals surface area contributed by atoms with Crippen LogP contribution in [0.25, 0.3) is 10.2 Å². The zero-order valence-corrected chi connectivity index (χ0v) is 8.72. The van der Waals surface area contributed by atoms with E-state index in [4.69, 9.17) is 10.2 Å². The lowest BCUT2D eigenvalue weighted by Crippen LogP contribution is -2.12. The maximum Gasteiger partial charge on any atom is 0.348 e. The Morgan fingerprint density at radius 1 is 1.64 bits per heavy atom. The Balaban J connectivity index is 2.81. The molecule has 0 fully saturated rings. The molecular weight excluding hydrogens is 200 g/mol. The number of nitrogens with zero attached hydrogens (tertiary/aromatic N) is 1. The van der Waals surface area contributed by atoms with Crippen LogP contribution in [0.1, 0.15) is 24.4 Å². The molecule has 2 aromatic heterocycles. The van der Waals surface area contributed by atoms with Gasteiger partial charge in [0.15, 0.2) is 0 Å². The monoisotopic (exact) mass is 210 g/mol. The molecule has 1 unspecified atom stereocenters. The van der Waals surface area contributed by atoms with Gasteiger partial charge >= 0.3 is 5.63 Å². The minimum Gasteiger partial charge on any atom is -0.406 e. The molecule has 0 spiro atoms. The van der Waals surface area contributed by atoms with Gasteiger partial charge in [0.2, 0.25) is 5.89 Å².